The van der Waals surface area contributed by atoms with Crippen molar-refractivity contribution in [2.75, 3.05) is 23.5 Å². The topological polar surface area (TPSA) is 85.4 Å². The SMILES string of the molecule is COC(=O)CC(COc1ccc(C(=O)N2c3ccccc3C(N(C(C)=O)c3ccc(Cl)cc3)CC2C)cc1)O[Si](C)(C)C(C)(C)C. The molecule has 0 bridgehead atoms. The van der Waals surface area contributed by atoms with Crippen molar-refractivity contribution in [3.8, 4) is 5.75 Å². The molecule has 3 aromatic rings. The highest BCUT2D eigenvalue weighted by atomic mass is 35.5. The molecule has 0 saturated heterocycles. The quantitative estimate of drug-likeness (QED) is 0.160. The van der Waals surface area contributed by atoms with Crippen LogP contribution < -0.4 is 14.5 Å². The molecule has 0 spiro atoms. The lowest BCUT2D eigenvalue weighted by atomic mass is 9.89. The van der Waals surface area contributed by atoms with Crippen LogP contribution in [0.15, 0.2) is 72.8 Å². The van der Waals surface area contributed by atoms with Crippen LogP contribution >= 0.6 is 11.6 Å². The zero-order valence-electron chi connectivity index (χ0n) is 28.0. The normalized spacial score (nSPS) is 17.1. The zero-order valence-corrected chi connectivity index (χ0v) is 29.8. The number of fused-ring (bicyclic) bond motifs is 1. The summed E-state index contributed by atoms with van der Waals surface area (Å²) in [6.45, 7) is 14.4. The number of hydrogen-bond acceptors (Lipinski definition) is 6. The highest BCUT2D eigenvalue weighted by molar-refractivity contribution is 6.74. The van der Waals surface area contributed by atoms with E-state index in [1.807, 2.05) is 43.3 Å². The number of anilines is 2. The Bertz CT molecular complexity index is 1540. The Kier molecular flexibility index (Phi) is 11.0. The number of benzene rings is 3. The molecule has 3 aromatic carbocycles. The number of rotatable bonds is 10. The van der Waals surface area contributed by atoms with E-state index in [0.29, 0.717) is 22.8 Å². The summed E-state index contributed by atoms with van der Waals surface area (Å²) >= 11 is 6.12. The Morgan fingerprint density at radius 1 is 1.00 bits per heavy atom. The fourth-order valence-corrected chi connectivity index (χ4v) is 7.00. The lowest BCUT2D eigenvalue weighted by molar-refractivity contribution is -0.143. The molecule has 46 heavy (non-hydrogen) atoms. The third-order valence-corrected chi connectivity index (χ3v) is 13.7. The van der Waals surface area contributed by atoms with Crippen molar-refractivity contribution in [2.45, 2.75) is 83.8 Å². The third-order valence-electron chi connectivity index (χ3n) is 8.96. The van der Waals surface area contributed by atoms with Crippen LogP contribution in [0.4, 0.5) is 11.4 Å². The van der Waals surface area contributed by atoms with Crippen LogP contribution in [0.2, 0.25) is 23.2 Å². The fraction of sp³-hybridized carbons (Fsp3) is 0.417. The lowest BCUT2D eigenvalue weighted by Crippen LogP contribution is -2.47. The molecule has 8 nitrogen and oxygen atoms in total. The third kappa shape index (κ3) is 8.00. The average Bonchev–Trinajstić information content (AvgIpc) is 3.00. The Balaban J connectivity index is 1.53. The molecular formula is C36H45ClN2O6Si. The van der Waals surface area contributed by atoms with Crippen molar-refractivity contribution in [1.82, 2.24) is 0 Å². The summed E-state index contributed by atoms with van der Waals surface area (Å²) in [7, 11) is -0.806. The molecule has 0 saturated carbocycles. The van der Waals surface area contributed by atoms with Gasteiger partial charge in [0.15, 0.2) is 8.32 Å². The number of ether oxygens (including phenoxy) is 2. The van der Waals surface area contributed by atoms with Crippen molar-refractivity contribution < 1.29 is 28.3 Å². The first-order valence-corrected chi connectivity index (χ1v) is 18.9. The number of nitrogens with zero attached hydrogens (tertiary/aromatic N) is 2. The van der Waals surface area contributed by atoms with Gasteiger partial charge in [0, 0.05) is 34.9 Å². The smallest absolute Gasteiger partial charge is 0.308 e. The summed E-state index contributed by atoms with van der Waals surface area (Å²) in [6.07, 6.45) is 0.184. The van der Waals surface area contributed by atoms with Gasteiger partial charge < -0.3 is 23.7 Å². The first kappa shape index (κ1) is 35.2. The van der Waals surface area contributed by atoms with Gasteiger partial charge in [-0.25, -0.2) is 0 Å². The van der Waals surface area contributed by atoms with Crippen LogP contribution in [0.5, 0.6) is 5.75 Å². The summed E-state index contributed by atoms with van der Waals surface area (Å²) < 4.78 is 17.4. The van der Waals surface area contributed by atoms with Gasteiger partial charge in [-0.1, -0.05) is 50.6 Å². The highest BCUT2D eigenvalue weighted by Crippen LogP contribution is 2.43. The Labute approximate surface area is 278 Å². The van der Waals surface area contributed by atoms with E-state index in [1.54, 1.807) is 53.1 Å². The molecule has 1 aliphatic heterocycles. The van der Waals surface area contributed by atoms with Crippen LogP contribution in [0.1, 0.15) is 69.4 Å². The molecule has 246 valence electrons. The molecule has 3 atom stereocenters. The van der Waals surface area contributed by atoms with E-state index < -0.39 is 14.4 Å². The largest absolute Gasteiger partial charge is 0.491 e. The van der Waals surface area contributed by atoms with Crippen LogP contribution in [0, 0.1) is 0 Å². The molecule has 4 rings (SSSR count). The first-order chi connectivity index (χ1) is 21.6. The monoisotopic (exact) mass is 664 g/mol. The van der Waals surface area contributed by atoms with E-state index in [1.165, 1.54) is 7.11 Å². The lowest BCUT2D eigenvalue weighted by Gasteiger charge is -2.43. The van der Waals surface area contributed by atoms with Crippen molar-refractivity contribution in [2.24, 2.45) is 0 Å². The summed E-state index contributed by atoms with van der Waals surface area (Å²) in [6, 6.07) is 21.5. The Morgan fingerprint density at radius 2 is 1.63 bits per heavy atom. The van der Waals surface area contributed by atoms with Gasteiger partial charge in [0.25, 0.3) is 5.91 Å². The van der Waals surface area contributed by atoms with E-state index in [-0.39, 0.29) is 47.9 Å². The maximum atomic E-state index is 14.0. The maximum absolute atomic E-state index is 14.0. The summed E-state index contributed by atoms with van der Waals surface area (Å²) in [5.74, 6) is -0.0210. The van der Waals surface area contributed by atoms with Gasteiger partial charge in [0.2, 0.25) is 5.91 Å². The average molecular weight is 665 g/mol. The van der Waals surface area contributed by atoms with Crippen LogP contribution in [-0.2, 0) is 18.8 Å². The number of halogens is 1. The van der Waals surface area contributed by atoms with E-state index in [4.69, 9.17) is 25.5 Å². The van der Waals surface area contributed by atoms with Gasteiger partial charge in [-0.3, -0.25) is 14.4 Å². The van der Waals surface area contributed by atoms with E-state index in [9.17, 15) is 14.4 Å². The molecule has 0 fully saturated rings. The maximum Gasteiger partial charge on any atom is 0.308 e. The number of methoxy groups -OCH3 is 1. The highest BCUT2D eigenvalue weighted by Gasteiger charge is 2.40. The minimum Gasteiger partial charge on any atom is -0.491 e. The second-order valence-electron chi connectivity index (χ2n) is 13.3. The van der Waals surface area contributed by atoms with Crippen molar-refractivity contribution in [3.05, 3.63) is 88.9 Å². The summed E-state index contributed by atoms with van der Waals surface area (Å²) in [5, 5.41) is 0.562. The number of carbonyl (C=O) groups is 3. The molecular weight excluding hydrogens is 620 g/mol. The Morgan fingerprint density at radius 3 is 2.22 bits per heavy atom. The first-order valence-electron chi connectivity index (χ1n) is 15.6. The molecule has 1 aliphatic rings. The van der Waals surface area contributed by atoms with Gasteiger partial charge in [0.05, 0.1) is 25.7 Å². The molecule has 1 heterocycles. The van der Waals surface area contributed by atoms with Gasteiger partial charge in [-0.15, -0.1) is 0 Å². The van der Waals surface area contributed by atoms with Crippen LogP contribution in [0.3, 0.4) is 0 Å². The number of carbonyl (C=O) groups excluding carboxylic acids is 3. The number of amides is 2. The Hall–Kier alpha value is -3.66. The van der Waals surface area contributed by atoms with Crippen LogP contribution in [0.25, 0.3) is 0 Å². The van der Waals surface area contributed by atoms with Gasteiger partial charge in [-0.2, -0.15) is 0 Å². The number of esters is 1. The molecule has 0 N–H and O–H groups in total. The minimum atomic E-state index is -2.17. The van der Waals surface area contributed by atoms with Crippen molar-refractivity contribution in [1.29, 1.82) is 0 Å². The second-order valence-corrected chi connectivity index (χ2v) is 18.5. The fourth-order valence-electron chi connectivity index (χ4n) is 5.54. The standard InChI is InChI=1S/C36H45ClN2O6Si/c1-24-21-33(39(25(2)40)28-17-15-27(37)16-18-28)31-11-9-10-12-32(31)38(24)35(42)26-13-19-29(20-14-26)44-23-30(22-34(41)43-6)45-46(7,8)36(3,4)5/h9-20,24,30,33H,21-23H2,1-8H3. The van der Waals surface area contributed by atoms with E-state index in [2.05, 4.69) is 33.9 Å². The summed E-state index contributed by atoms with van der Waals surface area (Å²) in [4.78, 5) is 42.7. The molecule has 3 unspecified atom stereocenters. The van der Waals surface area contributed by atoms with Crippen molar-refractivity contribution in [3.63, 3.8) is 0 Å². The molecule has 2 amide bonds. The molecule has 0 aromatic heterocycles. The molecule has 0 aliphatic carbocycles. The van der Waals surface area contributed by atoms with Crippen LogP contribution in [-0.4, -0.2) is 52.0 Å². The molecule has 10 heteroatoms. The van der Waals surface area contributed by atoms with Gasteiger partial charge >= 0.3 is 5.97 Å². The number of para-hydroxylation sites is 1. The van der Waals surface area contributed by atoms with Gasteiger partial charge in [-0.05, 0) is 91.6 Å². The minimum absolute atomic E-state index is 0.0339. The van der Waals surface area contributed by atoms with Crippen molar-refractivity contribution >= 4 is 49.1 Å². The van der Waals surface area contributed by atoms with E-state index in [0.717, 1.165) is 16.9 Å². The predicted octanol–water partition coefficient (Wildman–Crippen LogP) is 8.21. The second kappa shape index (κ2) is 14.4. The zero-order chi connectivity index (χ0) is 33.8. The molecule has 0 radical (unpaired) electrons. The predicted molar refractivity (Wildman–Crippen MR) is 185 cm³/mol. The number of hydrogen-bond donors (Lipinski definition) is 0. The van der Waals surface area contributed by atoms with E-state index >= 15 is 0 Å². The summed E-state index contributed by atoms with van der Waals surface area (Å²) in [5.41, 5.74) is 2.93. The van der Waals surface area contributed by atoms with Gasteiger partial charge in [0.1, 0.15) is 12.4 Å².